The second-order valence-electron chi connectivity index (χ2n) is 7.13. The maximum absolute atomic E-state index is 13.4. The molecule has 0 saturated carbocycles. The van der Waals surface area contributed by atoms with E-state index < -0.39 is 11.7 Å². The summed E-state index contributed by atoms with van der Waals surface area (Å²) in [5.41, 5.74) is 0.505. The molecule has 118 valence electrons. The summed E-state index contributed by atoms with van der Waals surface area (Å²) in [5.74, 6) is 0.0202. The molecular weight excluding hydrogens is 275 g/mol. The fraction of sp³-hybridized carbons (Fsp3) is 0.647. The van der Waals surface area contributed by atoms with Gasteiger partial charge in [0.05, 0.1) is 5.56 Å². The normalized spacial score (nSPS) is 19.0. The van der Waals surface area contributed by atoms with Gasteiger partial charge in [0.1, 0.15) is 0 Å². The minimum atomic E-state index is -4.28. The number of nitrogens with zero attached hydrogens (tertiary/aromatic N) is 1. The zero-order valence-corrected chi connectivity index (χ0v) is 13.2. The van der Waals surface area contributed by atoms with Crippen molar-refractivity contribution >= 4 is 0 Å². The predicted molar refractivity (Wildman–Crippen MR) is 79.6 cm³/mol. The van der Waals surface area contributed by atoms with E-state index in [1.54, 1.807) is 6.07 Å². The first kappa shape index (κ1) is 16.3. The summed E-state index contributed by atoms with van der Waals surface area (Å²) in [6.45, 7) is 7.55. The van der Waals surface area contributed by atoms with Gasteiger partial charge in [0.25, 0.3) is 0 Å². The number of rotatable bonds is 1. The summed E-state index contributed by atoms with van der Waals surface area (Å²) in [6, 6.07) is 4.93. The number of halogens is 3. The zero-order chi connectivity index (χ0) is 15.8. The molecular formula is C17H24F3N. The van der Waals surface area contributed by atoms with Gasteiger partial charge in [-0.2, -0.15) is 13.2 Å². The van der Waals surface area contributed by atoms with Crippen molar-refractivity contribution < 1.29 is 13.2 Å². The molecule has 0 aliphatic carbocycles. The number of piperidine rings is 1. The van der Waals surface area contributed by atoms with Gasteiger partial charge in [-0.05, 0) is 61.5 Å². The lowest BCUT2D eigenvalue weighted by Gasteiger charge is -2.31. The molecule has 0 aromatic heterocycles. The van der Waals surface area contributed by atoms with Gasteiger partial charge in [0.15, 0.2) is 0 Å². The van der Waals surface area contributed by atoms with E-state index in [4.69, 9.17) is 0 Å². The SMILES string of the molecule is CN1CCC(c2ccc(C(C)(C)C)cc2C(F)(F)F)CC1. The Morgan fingerprint density at radius 2 is 1.62 bits per heavy atom. The number of hydrogen-bond acceptors (Lipinski definition) is 1. The van der Waals surface area contributed by atoms with E-state index in [0.717, 1.165) is 31.5 Å². The number of benzene rings is 1. The van der Waals surface area contributed by atoms with Crippen LogP contribution in [0.25, 0.3) is 0 Å². The van der Waals surface area contributed by atoms with Crippen molar-refractivity contribution in [1.82, 2.24) is 4.90 Å². The van der Waals surface area contributed by atoms with Crippen LogP contribution in [0.4, 0.5) is 13.2 Å². The Hall–Kier alpha value is -1.03. The van der Waals surface area contributed by atoms with Gasteiger partial charge in [-0.25, -0.2) is 0 Å². The Morgan fingerprint density at radius 3 is 2.10 bits per heavy atom. The molecule has 0 unspecified atom stereocenters. The number of likely N-dealkylation sites (tertiary alicyclic amines) is 1. The molecule has 1 fully saturated rings. The molecule has 0 spiro atoms. The summed E-state index contributed by atoms with van der Waals surface area (Å²) in [5, 5.41) is 0. The lowest BCUT2D eigenvalue weighted by molar-refractivity contribution is -0.138. The van der Waals surface area contributed by atoms with Gasteiger partial charge in [-0.1, -0.05) is 32.9 Å². The molecule has 21 heavy (non-hydrogen) atoms. The average Bonchev–Trinajstić information content (AvgIpc) is 2.37. The van der Waals surface area contributed by atoms with E-state index in [-0.39, 0.29) is 11.3 Å². The first-order valence-electron chi connectivity index (χ1n) is 7.49. The summed E-state index contributed by atoms with van der Waals surface area (Å²) < 4.78 is 40.3. The third-order valence-corrected chi connectivity index (χ3v) is 4.38. The van der Waals surface area contributed by atoms with Crippen molar-refractivity contribution in [2.45, 2.75) is 51.1 Å². The van der Waals surface area contributed by atoms with E-state index in [9.17, 15) is 13.2 Å². The summed E-state index contributed by atoms with van der Waals surface area (Å²) >= 11 is 0. The zero-order valence-electron chi connectivity index (χ0n) is 13.2. The molecule has 0 N–H and O–H groups in total. The van der Waals surface area contributed by atoms with Crippen LogP contribution in [0.3, 0.4) is 0 Å². The molecule has 0 atom stereocenters. The highest BCUT2D eigenvalue weighted by Gasteiger charge is 2.36. The summed E-state index contributed by atoms with van der Waals surface area (Å²) in [6.07, 6.45) is -2.68. The second-order valence-corrected chi connectivity index (χ2v) is 7.13. The number of hydrogen-bond donors (Lipinski definition) is 0. The molecule has 1 saturated heterocycles. The Bertz CT molecular complexity index is 492. The van der Waals surface area contributed by atoms with Crippen LogP contribution in [0.5, 0.6) is 0 Å². The van der Waals surface area contributed by atoms with Gasteiger partial charge >= 0.3 is 6.18 Å². The Morgan fingerprint density at radius 1 is 1.05 bits per heavy atom. The molecule has 1 heterocycles. The van der Waals surface area contributed by atoms with Gasteiger partial charge in [0.2, 0.25) is 0 Å². The van der Waals surface area contributed by atoms with Crippen molar-refractivity contribution in [2.24, 2.45) is 0 Å². The largest absolute Gasteiger partial charge is 0.416 e. The van der Waals surface area contributed by atoms with Crippen molar-refractivity contribution in [1.29, 1.82) is 0 Å². The van der Waals surface area contributed by atoms with Crippen LogP contribution in [-0.4, -0.2) is 25.0 Å². The lowest BCUT2D eigenvalue weighted by Crippen LogP contribution is -2.30. The third kappa shape index (κ3) is 3.79. The van der Waals surface area contributed by atoms with E-state index in [1.165, 1.54) is 6.07 Å². The molecule has 0 radical (unpaired) electrons. The fourth-order valence-corrected chi connectivity index (χ4v) is 2.94. The molecule has 1 aromatic carbocycles. The molecule has 4 heteroatoms. The third-order valence-electron chi connectivity index (χ3n) is 4.38. The lowest BCUT2D eigenvalue weighted by atomic mass is 9.81. The van der Waals surface area contributed by atoms with E-state index in [2.05, 4.69) is 4.90 Å². The quantitative estimate of drug-likeness (QED) is 0.719. The molecule has 0 amide bonds. The molecule has 1 nitrogen and oxygen atoms in total. The van der Waals surface area contributed by atoms with Crippen LogP contribution in [0.2, 0.25) is 0 Å². The molecule has 0 bridgehead atoms. The molecule has 1 aliphatic rings. The topological polar surface area (TPSA) is 3.24 Å². The predicted octanol–water partition coefficient (Wildman–Crippen LogP) is 4.81. The molecule has 1 aliphatic heterocycles. The van der Waals surface area contributed by atoms with E-state index in [0.29, 0.717) is 5.56 Å². The fourth-order valence-electron chi connectivity index (χ4n) is 2.94. The van der Waals surface area contributed by atoms with Crippen LogP contribution in [0.1, 0.15) is 56.2 Å². The molecule has 2 rings (SSSR count). The highest BCUT2D eigenvalue weighted by Crippen LogP contribution is 2.40. The Labute approximate surface area is 125 Å². The van der Waals surface area contributed by atoms with Gasteiger partial charge in [0, 0.05) is 0 Å². The van der Waals surface area contributed by atoms with Gasteiger partial charge in [-0.15, -0.1) is 0 Å². The van der Waals surface area contributed by atoms with Crippen molar-refractivity contribution in [3.8, 4) is 0 Å². The second kappa shape index (κ2) is 5.64. The van der Waals surface area contributed by atoms with Crippen LogP contribution in [-0.2, 0) is 11.6 Å². The smallest absolute Gasteiger partial charge is 0.306 e. The maximum Gasteiger partial charge on any atom is 0.416 e. The maximum atomic E-state index is 13.4. The van der Waals surface area contributed by atoms with Crippen molar-refractivity contribution in [3.63, 3.8) is 0 Å². The monoisotopic (exact) mass is 299 g/mol. The summed E-state index contributed by atoms with van der Waals surface area (Å²) in [4.78, 5) is 2.17. The average molecular weight is 299 g/mol. The Kier molecular flexibility index (Phi) is 4.39. The standard InChI is InChI=1S/C17H24F3N/c1-16(2,3)13-5-6-14(15(11-13)17(18,19)20)12-7-9-21(4)10-8-12/h5-6,11-12H,7-10H2,1-4H3. The summed E-state index contributed by atoms with van der Waals surface area (Å²) in [7, 11) is 2.02. The first-order valence-corrected chi connectivity index (χ1v) is 7.49. The van der Waals surface area contributed by atoms with Gasteiger partial charge < -0.3 is 4.90 Å². The minimum Gasteiger partial charge on any atom is -0.306 e. The first-order chi connectivity index (χ1) is 9.59. The number of alkyl halides is 3. The highest BCUT2D eigenvalue weighted by molar-refractivity contribution is 5.39. The van der Waals surface area contributed by atoms with Gasteiger partial charge in [-0.3, -0.25) is 0 Å². The Balaban J connectivity index is 2.41. The van der Waals surface area contributed by atoms with Crippen molar-refractivity contribution in [3.05, 3.63) is 34.9 Å². The van der Waals surface area contributed by atoms with Crippen molar-refractivity contribution in [2.75, 3.05) is 20.1 Å². The minimum absolute atomic E-state index is 0.0202. The van der Waals surface area contributed by atoms with Crippen LogP contribution in [0, 0.1) is 0 Å². The van der Waals surface area contributed by atoms with Crippen LogP contribution >= 0.6 is 0 Å². The van der Waals surface area contributed by atoms with E-state index >= 15 is 0 Å². The van der Waals surface area contributed by atoms with Crippen LogP contribution in [0.15, 0.2) is 18.2 Å². The van der Waals surface area contributed by atoms with Crippen LogP contribution < -0.4 is 0 Å². The van der Waals surface area contributed by atoms with E-state index in [1.807, 2.05) is 33.9 Å². The highest BCUT2D eigenvalue weighted by atomic mass is 19.4. The molecule has 1 aromatic rings.